The smallest absolute Gasteiger partial charge is 0.226 e. The first kappa shape index (κ1) is 17.7. The summed E-state index contributed by atoms with van der Waals surface area (Å²) < 4.78 is 1.19. The fourth-order valence-electron chi connectivity index (χ4n) is 2.68. The minimum atomic E-state index is 0. The van der Waals surface area contributed by atoms with Gasteiger partial charge in [0.2, 0.25) is 5.91 Å². The third-order valence-electron chi connectivity index (χ3n) is 3.61. The lowest BCUT2D eigenvalue weighted by molar-refractivity contribution is -0.132. The van der Waals surface area contributed by atoms with Crippen LogP contribution >= 0.6 is 35.0 Å². The number of rotatable bonds is 4. The topological polar surface area (TPSA) is 32.3 Å². The summed E-state index contributed by atoms with van der Waals surface area (Å²) in [7, 11) is 1.98. The van der Waals surface area contributed by atoms with Crippen LogP contribution in [0.25, 0.3) is 0 Å². The number of amides is 1. The lowest BCUT2D eigenvalue weighted by Gasteiger charge is -2.32. The second-order valence-corrected chi connectivity index (χ2v) is 6.46. The molecule has 1 aliphatic heterocycles. The van der Waals surface area contributed by atoms with Crippen molar-refractivity contribution >= 4 is 40.9 Å². The van der Waals surface area contributed by atoms with Crippen molar-refractivity contribution in [3.63, 3.8) is 0 Å². The largest absolute Gasteiger partial charge is 0.342 e. The van der Waals surface area contributed by atoms with Gasteiger partial charge >= 0.3 is 0 Å². The standard InChI is InChI=1S/C15H21IN2O.ClH/c1-17-10-13-5-3-7-18(11-13)15(19)9-12-4-2-6-14(16)8-12;/h2,4,6,8,13,17H,3,5,7,9-11H2,1H3;1H. The van der Waals surface area contributed by atoms with Gasteiger partial charge < -0.3 is 10.2 Å². The van der Waals surface area contributed by atoms with E-state index >= 15 is 0 Å². The fourth-order valence-corrected chi connectivity index (χ4v) is 3.29. The van der Waals surface area contributed by atoms with E-state index in [1.54, 1.807) is 0 Å². The zero-order chi connectivity index (χ0) is 13.7. The number of hydrogen-bond donors (Lipinski definition) is 1. The van der Waals surface area contributed by atoms with E-state index < -0.39 is 0 Å². The summed E-state index contributed by atoms with van der Waals surface area (Å²) in [6.45, 7) is 2.83. The number of nitrogens with zero attached hydrogens (tertiary/aromatic N) is 1. The van der Waals surface area contributed by atoms with Crippen LogP contribution in [0, 0.1) is 9.49 Å². The number of benzene rings is 1. The third kappa shape index (κ3) is 5.22. The van der Waals surface area contributed by atoms with Crippen LogP contribution in [0.15, 0.2) is 24.3 Å². The Hall–Kier alpha value is -0.330. The number of nitrogens with one attached hydrogen (secondary N) is 1. The SMILES string of the molecule is CNCC1CCCN(C(=O)Cc2cccc(I)c2)C1.Cl. The van der Waals surface area contributed by atoms with Crippen molar-refractivity contribution in [1.82, 2.24) is 10.2 Å². The van der Waals surface area contributed by atoms with Crippen molar-refractivity contribution in [2.45, 2.75) is 19.3 Å². The van der Waals surface area contributed by atoms with Crippen molar-refractivity contribution in [3.8, 4) is 0 Å². The van der Waals surface area contributed by atoms with E-state index in [4.69, 9.17) is 0 Å². The van der Waals surface area contributed by atoms with Gasteiger partial charge in [-0.05, 0) is 72.6 Å². The molecule has 112 valence electrons. The average Bonchev–Trinajstić information content (AvgIpc) is 2.39. The van der Waals surface area contributed by atoms with Gasteiger partial charge in [0.25, 0.3) is 0 Å². The number of likely N-dealkylation sites (tertiary alicyclic amines) is 1. The number of hydrogen-bond acceptors (Lipinski definition) is 2. The highest BCUT2D eigenvalue weighted by molar-refractivity contribution is 14.1. The van der Waals surface area contributed by atoms with Gasteiger partial charge in [-0.15, -0.1) is 12.4 Å². The Bertz CT molecular complexity index is 440. The Labute approximate surface area is 141 Å². The Morgan fingerprint density at radius 2 is 2.30 bits per heavy atom. The molecule has 3 nitrogen and oxygen atoms in total. The van der Waals surface area contributed by atoms with Gasteiger partial charge in [-0.25, -0.2) is 0 Å². The van der Waals surface area contributed by atoms with E-state index in [0.717, 1.165) is 31.6 Å². The van der Waals surface area contributed by atoms with Crippen LogP contribution < -0.4 is 5.32 Å². The van der Waals surface area contributed by atoms with Crippen LogP contribution in [0.2, 0.25) is 0 Å². The van der Waals surface area contributed by atoms with Gasteiger partial charge in [0, 0.05) is 16.7 Å². The molecule has 20 heavy (non-hydrogen) atoms. The van der Waals surface area contributed by atoms with Crippen LogP contribution in [0.1, 0.15) is 18.4 Å². The zero-order valence-corrected chi connectivity index (χ0v) is 14.7. The molecular weight excluding hydrogens is 387 g/mol. The van der Waals surface area contributed by atoms with E-state index in [1.165, 1.54) is 9.99 Å². The third-order valence-corrected chi connectivity index (χ3v) is 4.28. The fraction of sp³-hybridized carbons (Fsp3) is 0.533. The maximum atomic E-state index is 12.3. The lowest BCUT2D eigenvalue weighted by Crippen LogP contribution is -2.43. The number of piperidine rings is 1. The molecular formula is C15H22ClIN2O. The first-order valence-corrected chi connectivity index (χ1v) is 7.93. The van der Waals surface area contributed by atoms with Crippen LogP contribution in [0.4, 0.5) is 0 Å². The number of halogens is 2. The highest BCUT2D eigenvalue weighted by Crippen LogP contribution is 2.17. The summed E-state index contributed by atoms with van der Waals surface area (Å²) in [5, 5.41) is 3.22. The molecule has 0 spiro atoms. The molecule has 1 N–H and O–H groups in total. The van der Waals surface area contributed by atoms with E-state index in [9.17, 15) is 4.79 Å². The normalized spacial score (nSPS) is 18.5. The van der Waals surface area contributed by atoms with Crippen molar-refractivity contribution in [1.29, 1.82) is 0 Å². The number of carbonyl (C=O) groups is 1. The molecule has 1 aromatic carbocycles. The summed E-state index contributed by atoms with van der Waals surface area (Å²) in [6.07, 6.45) is 2.89. The molecule has 1 aliphatic rings. The van der Waals surface area contributed by atoms with Gasteiger partial charge in [-0.2, -0.15) is 0 Å². The molecule has 0 saturated carbocycles. The monoisotopic (exact) mass is 408 g/mol. The van der Waals surface area contributed by atoms with Crippen molar-refractivity contribution in [2.75, 3.05) is 26.7 Å². The van der Waals surface area contributed by atoms with Gasteiger partial charge in [-0.3, -0.25) is 4.79 Å². The van der Waals surface area contributed by atoms with E-state index in [-0.39, 0.29) is 18.3 Å². The molecule has 0 radical (unpaired) electrons. The predicted octanol–water partition coefficient (Wildman–Crippen LogP) is 2.71. The summed E-state index contributed by atoms with van der Waals surface area (Å²) >= 11 is 2.29. The first-order valence-electron chi connectivity index (χ1n) is 6.86. The Kier molecular flexibility index (Phi) is 7.84. The van der Waals surface area contributed by atoms with Gasteiger partial charge in [0.05, 0.1) is 6.42 Å². The molecule has 1 aromatic rings. The van der Waals surface area contributed by atoms with Crippen molar-refractivity contribution < 1.29 is 4.79 Å². The molecule has 0 aliphatic carbocycles. The van der Waals surface area contributed by atoms with Crippen LogP contribution in [-0.4, -0.2) is 37.5 Å². The van der Waals surface area contributed by atoms with Crippen LogP contribution in [0.5, 0.6) is 0 Å². The summed E-state index contributed by atoms with van der Waals surface area (Å²) in [6, 6.07) is 8.20. The van der Waals surface area contributed by atoms with Crippen LogP contribution in [0.3, 0.4) is 0 Å². The summed E-state index contributed by atoms with van der Waals surface area (Å²) in [5.41, 5.74) is 1.12. The molecule has 5 heteroatoms. The highest BCUT2D eigenvalue weighted by Gasteiger charge is 2.23. The van der Waals surface area contributed by atoms with Gasteiger partial charge in [0.15, 0.2) is 0 Å². The lowest BCUT2D eigenvalue weighted by atomic mass is 9.97. The Morgan fingerprint density at radius 1 is 1.50 bits per heavy atom. The summed E-state index contributed by atoms with van der Waals surface area (Å²) in [4.78, 5) is 14.4. The second-order valence-electron chi connectivity index (χ2n) is 5.21. The van der Waals surface area contributed by atoms with Crippen LogP contribution in [-0.2, 0) is 11.2 Å². The molecule has 1 saturated heterocycles. The predicted molar refractivity (Wildman–Crippen MR) is 93.3 cm³/mol. The van der Waals surface area contributed by atoms with E-state index in [1.807, 2.05) is 24.1 Å². The summed E-state index contributed by atoms with van der Waals surface area (Å²) in [5.74, 6) is 0.876. The van der Waals surface area contributed by atoms with Gasteiger partial charge in [-0.1, -0.05) is 12.1 Å². The first-order chi connectivity index (χ1) is 9.19. The molecule has 0 aromatic heterocycles. The maximum Gasteiger partial charge on any atom is 0.226 e. The second kappa shape index (κ2) is 8.85. The Balaban J connectivity index is 0.00000200. The van der Waals surface area contributed by atoms with Gasteiger partial charge in [0.1, 0.15) is 0 Å². The maximum absolute atomic E-state index is 12.3. The molecule has 0 bridgehead atoms. The average molecular weight is 409 g/mol. The minimum Gasteiger partial charge on any atom is -0.342 e. The zero-order valence-electron chi connectivity index (χ0n) is 11.8. The molecule has 1 fully saturated rings. The number of carbonyl (C=O) groups excluding carboxylic acids is 1. The van der Waals surface area contributed by atoms with E-state index in [2.05, 4.69) is 40.0 Å². The Morgan fingerprint density at radius 3 is 3.00 bits per heavy atom. The highest BCUT2D eigenvalue weighted by atomic mass is 127. The molecule has 1 heterocycles. The molecule has 1 amide bonds. The molecule has 1 atom stereocenters. The quantitative estimate of drug-likeness (QED) is 0.777. The van der Waals surface area contributed by atoms with Crippen molar-refractivity contribution in [3.05, 3.63) is 33.4 Å². The van der Waals surface area contributed by atoms with Crippen molar-refractivity contribution in [2.24, 2.45) is 5.92 Å². The minimum absolute atomic E-state index is 0. The molecule has 1 unspecified atom stereocenters. The molecule has 2 rings (SSSR count). The van der Waals surface area contributed by atoms with E-state index in [0.29, 0.717) is 12.3 Å².